The van der Waals surface area contributed by atoms with Crippen molar-refractivity contribution < 1.29 is 4.79 Å². The van der Waals surface area contributed by atoms with Crippen molar-refractivity contribution in [2.75, 3.05) is 0 Å². The van der Waals surface area contributed by atoms with Gasteiger partial charge in [-0.05, 0) is 20.3 Å². The van der Waals surface area contributed by atoms with Crippen molar-refractivity contribution in [2.24, 2.45) is 4.99 Å². The van der Waals surface area contributed by atoms with E-state index in [1.165, 1.54) is 0 Å². The molecule has 1 aliphatic rings. The lowest BCUT2D eigenvalue weighted by Crippen LogP contribution is -2.48. The van der Waals surface area contributed by atoms with Gasteiger partial charge in [0.1, 0.15) is 5.54 Å². The number of nitrogens with zero attached hydrogens (tertiary/aromatic N) is 1. The van der Waals surface area contributed by atoms with Crippen molar-refractivity contribution in [1.29, 1.82) is 0 Å². The molecule has 1 atom stereocenters. The highest BCUT2D eigenvalue weighted by Gasteiger charge is 2.27. The van der Waals surface area contributed by atoms with Gasteiger partial charge in [-0.1, -0.05) is 6.92 Å². The van der Waals surface area contributed by atoms with Crippen LogP contribution in [0.5, 0.6) is 0 Å². The summed E-state index contributed by atoms with van der Waals surface area (Å²) in [6.45, 7) is 5.41. The number of carbonyl (C=O) groups is 1. The van der Waals surface area contributed by atoms with E-state index in [0.29, 0.717) is 0 Å². The van der Waals surface area contributed by atoms with Crippen LogP contribution in [0.25, 0.3) is 0 Å². The Morgan fingerprint density at radius 3 is 2.75 bits per heavy atom. The molecule has 0 amide bonds. The quantitative estimate of drug-likeness (QED) is 0.671. The van der Waals surface area contributed by atoms with E-state index >= 15 is 0 Å². The Kier molecular flexibility index (Phi) is 2.31. The number of Topliss-reactive ketones (excluding diaryl/α,β-unsaturated/α-hetero) is 1. The first-order chi connectivity index (χ1) is 5.58. The highest BCUT2D eigenvalue weighted by molar-refractivity contribution is 6.03. The van der Waals surface area contributed by atoms with Gasteiger partial charge in [0, 0.05) is 12.4 Å². The van der Waals surface area contributed by atoms with Crippen LogP contribution in [-0.4, -0.2) is 17.5 Å². The maximum absolute atomic E-state index is 11.1. The molecule has 3 nitrogen and oxygen atoms in total. The molecule has 1 unspecified atom stereocenters. The van der Waals surface area contributed by atoms with Gasteiger partial charge >= 0.3 is 0 Å². The zero-order valence-electron chi connectivity index (χ0n) is 7.72. The number of nitrogens with one attached hydrogen (secondary N) is 1. The zero-order chi connectivity index (χ0) is 9.19. The monoisotopic (exact) mass is 166 g/mol. The number of allylic oxidation sites excluding steroid dienone is 1. The number of ketones is 1. The van der Waals surface area contributed by atoms with Crippen molar-refractivity contribution in [3.05, 3.63) is 11.9 Å². The Balaban J connectivity index is 2.76. The van der Waals surface area contributed by atoms with Crippen molar-refractivity contribution in [2.45, 2.75) is 32.7 Å². The van der Waals surface area contributed by atoms with Gasteiger partial charge in [-0.2, -0.15) is 0 Å². The van der Waals surface area contributed by atoms with Crippen molar-refractivity contribution in [1.82, 2.24) is 5.32 Å². The number of carbonyl (C=O) groups excluding carboxylic acids is 1. The molecule has 0 fully saturated rings. The molecule has 1 N–H and O–H groups in total. The maximum atomic E-state index is 11.1. The molecule has 66 valence electrons. The predicted molar refractivity (Wildman–Crippen MR) is 49.1 cm³/mol. The molecule has 1 rings (SSSR count). The molecule has 12 heavy (non-hydrogen) atoms. The molecular weight excluding hydrogens is 152 g/mol. The van der Waals surface area contributed by atoms with E-state index < -0.39 is 5.54 Å². The summed E-state index contributed by atoms with van der Waals surface area (Å²) in [5.74, 6) is 0.0812. The summed E-state index contributed by atoms with van der Waals surface area (Å²) in [5, 5.41) is 3.04. The molecule has 0 aromatic rings. The first-order valence-corrected chi connectivity index (χ1v) is 4.11. The van der Waals surface area contributed by atoms with Crippen LogP contribution in [0, 0.1) is 0 Å². The van der Waals surface area contributed by atoms with E-state index in [1.54, 1.807) is 19.3 Å². The fourth-order valence-electron chi connectivity index (χ4n) is 0.906. The predicted octanol–water partition coefficient (Wildman–Crippen LogP) is 1.26. The summed E-state index contributed by atoms with van der Waals surface area (Å²) >= 11 is 0. The molecule has 1 heterocycles. The van der Waals surface area contributed by atoms with Crippen LogP contribution in [0.3, 0.4) is 0 Å². The van der Waals surface area contributed by atoms with Crippen LogP contribution in [0.4, 0.5) is 0 Å². The normalized spacial score (nSPS) is 27.8. The van der Waals surface area contributed by atoms with Crippen molar-refractivity contribution in [3.8, 4) is 0 Å². The molecule has 0 bridgehead atoms. The van der Waals surface area contributed by atoms with Gasteiger partial charge < -0.3 is 5.32 Å². The number of hydrogen-bond donors (Lipinski definition) is 1. The maximum Gasteiger partial charge on any atom is 0.160 e. The van der Waals surface area contributed by atoms with E-state index in [-0.39, 0.29) is 5.78 Å². The fourth-order valence-corrected chi connectivity index (χ4v) is 0.906. The standard InChI is InChI=1S/C9H14N2O/c1-4-8-5-11-9(3,6-10-8)7(2)12/h5-6,11H,4H2,1-3H3. The average Bonchev–Trinajstić information content (AvgIpc) is 2.06. The lowest BCUT2D eigenvalue weighted by atomic mass is 9.98. The molecular formula is C9H14N2O. The second-order valence-electron chi connectivity index (χ2n) is 3.15. The average molecular weight is 166 g/mol. The van der Waals surface area contributed by atoms with Crippen LogP contribution >= 0.6 is 0 Å². The molecule has 0 spiro atoms. The SMILES string of the molecule is CCC1=CNC(C)(C(C)=O)C=N1. The van der Waals surface area contributed by atoms with Gasteiger partial charge in [-0.3, -0.25) is 9.79 Å². The van der Waals surface area contributed by atoms with Crippen LogP contribution in [0.15, 0.2) is 16.9 Å². The molecule has 0 aromatic carbocycles. The highest BCUT2D eigenvalue weighted by atomic mass is 16.1. The van der Waals surface area contributed by atoms with E-state index in [2.05, 4.69) is 10.3 Å². The van der Waals surface area contributed by atoms with Gasteiger partial charge in [0.05, 0.1) is 5.70 Å². The summed E-state index contributed by atoms with van der Waals surface area (Å²) in [7, 11) is 0. The first-order valence-electron chi connectivity index (χ1n) is 4.11. The topological polar surface area (TPSA) is 41.5 Å². The van der Waals surface area contributed by atoms with E-state index in [4.69, 9.17) is 0 Å². The van der Waals surface area contributed by atoms with E-state index in [1.807, 2.05) is 13.8 Å². The van der Waals surface area contributed by atoms with Gasteiger partial charge in [-0.25, -0.2) is 0 Å². The smallest absolute Gasteiger partial charge is 0.160 e. The lowest BCUT2D eigenvalue weighted by Gasteiger charge is -2.25. The van der Waals surface area contributed by atoms with Crippen molar-refractivity contribution in [3.63, 3.8) is 0 Å². The van der Waals surface area contributed by atoms with Gasteiger partial charge in [-0.15, -0.1) is 0 Å². The minimum Gasteiger partial charge on any atom is -0.373 e. The number of aliphatic imine (C=N–C) groups is 1. The van der Waals surface area contributed by atoms with Crippen LogP contribution in [-0.2, 0) is 4.79 Å². The summed E-state index contributed by atoms with van der Waals surface area (Å²) in [5.41, 5.74) is 0.382. The van der Waals surface area contributed by atoms with E-state index in [9.17, 15) is 4.79 Å². The molecule has 0 saturated carbocycles. The van der Waals surface area contributed by atoms with Crippen LogP contribution in [0.1, 0.15) is 27.2 Å². The third-order valence-electron chi connectivity index (χ3n) is 2.12. The van der Waals surface area contributed by atoms with Crippen LogP contribution < -0.4 is 5.32 Å². The van der Waals surface area contributed by atoms with Crippen LogP contribution in [0.2, 0.25) is 0 Å². The largest absolute Gasteiger partial charge is 0.373 e. The molecule has 0 radical (unpaired) electrons. The van der Waals surface area contributed by atoms with Gasteiger partial charge in [0.25, 0.3) is 0 Å². The Hall–Kier alpha value is -1.12. The molecule has 0 saturated heterocycles. The first kappa shape index (κ1) is 8.97. The highest BCUT2D eigenvalue weighted by Crippen LogP contribution is 2.11. The van der Waals surface area contributed by atoms with Gasteiger partial charge in [0.15, 0.2) is 5.78 Å². The molecule has 0 aliphatic carbocycles. The second-order valence-corrected chi connectivity index (χ2v) is 3.15. The van der Waals surface area contributed by atoms with Crippen molar-refractivity contribution >= 4 is 12.0 Å². The Bertz CT molecular complexity index is 255. The minimum absolute atomic E-state index is 0.0812. The van der Waals surface area contributed by atoms with E-state index in [0.717, 1.165) is 12.1 Å². The van der Waals surface area contributed by atoms with Gasteiger partial charge in [0.2, 0.25) is 0 Å². The molecule has 0 aromatic heterocycles. The lowest BCUT2D eigenvalue weighted by molar-refractivity contribution is -0.120. The third-order valence-corrected chi connectivity index (χ3v) is 2.12. The number of rotatable bonds is 2. The summed E-state index contributed by atoms with van der Waals surface area (Å²) in [6, 6.07) is 0. The summed E-state index contributed by atoms with van der Waals surface area (Å²) in [4.78, 5) is 15.3. The Labute approximate surface area is 72.6 Å². The Morgan fingerprint density at radius 2 is 2.42 bits per heavy atom. The number of hydrogen-bond acceptors (Lipinski definition) is 3. The molecule has 3 heteroatoms. The zero-order valence-corrected chi connectivity index (χ0v) is 7.72. The second kappa shape index (κ2) is 3.09. The summed E-state index contributed by atoms with van der Waals surface area (Å²) < 4.78 is 0. The minimum atomic E-state index is -0.599. The Morgan fingerprint density at radius 1 is 1.75 bits per heavy atom. The molecule has 1 aliphatic heterocycles. The summed E-state index contributed by atoms with van der Waals surface area (Å²) in [6.07, 6.45) is 4.37. The third kappa shape index (κ3) is 1.55. The fraction of sp³-hybridized carbons (Fsp3) is 0.556.